The molecule has 0 atom stereocenters. The first-order valence-electron chi connectivity index (χ1n) is 8.25. The van der Waals surface area contributed by atoms with Gasteiger partial charge in [-0.2, -0.15) is 0 Å². The summed E-state index contributed by atoms with van der Waals surface area (Å²) >= 11 is 0. The Morgan fingerprint density at radius 1 is 0.846 bits per heavy atom. The van der Waals surface area contributed by atoms with Gasteiger partial charge in [0.1, 0.15) is 23.1 Å². The summed E-state index contributed by atoms with van der Waals surface area (Å²) in [5.41, 5.74) is 4.45. The van der Waals surface area contributed by atoms with E-state index < -0.39 is 17.4 Å². The van der Waals surface area contributed by atoms with Crippen molar-refractivity contribution in [3.63, 3.8) is 0 Å². The molecule has 2 N–H and O–H groups in total. The maximum absolute atomic E-state index is 14.6. The van der Waals surface area contributed by atoms with Crippen LogP contribution in [0.4, 0.5) is 8.78 Å². The molecule has 4 heteroatoms. The van der Waals surface area contributed by atoms with Crippen LogP contribution in [0.3, 0.4) is 0 Å². The molecule has 0 aromatic heterocycles. The number of phenolic OH excluding ortho intramolecular Hbond substituents is 2. The van der Waals surface area contributed by atoms with Crippen molar-refractivity contribution >= 4 is 11.1 Å². The summed E-state index contributed by atoms with van der Waals surface area (Å²) in [6.45, 7) is 1.87. The molecule has 3 aromatic rings. The number of rotatable bonds is 2. The lowest BCUT2D eigenvalue weighted by Crippen LogP contribution is -1.97. The Kier molecular flexibility index (Phi) is 3.76. The number of aromatic hydroxyl groups is 2. The van der Waals surface area contributed by atoms with Crippen molar-refractivity contribution in [2.75, 3.05) is 0 Å². The Hall–Kier alpha value is -3.14. The first kappa shape index (κ1) is 16.3. The molecule has 26 heavy (non-hydrogen) atoms. The third kappa shape index (κ3) is 2.54. The summed E-state index contributed by atoms with van der Waals surface area (Å²) in [5, 5.41) is 19.5. The highest BCUT2D eigenvalue weighted by molar-refractivity contribution is 6.04. The number of halogens is 2. The van der Waals surface area contributed by atoms with Crippen molar-refractivity contribution in [2.24, 2.45) is 0 Å². The molecule has 1 aliphatic carbocycles. The van der Waals surface area contributed by atoms with Crippen LogP contribution in [0.5, 0.6) is 11.5 Å². The SMILES string of the molecule is Cc1cc(O)cc2c1CC(c1c(F)cc(O)cc1F)=C2c1ccccc1. The fraction of sp³-hybridized carbons (Fsp3) is 0.0909. The second-order valence-corrected chi connectivity index (χ2v) is 6.47. The van der Waals surface area contributed by atoms with E-state index in [1.54, 1.807) is 12.1 Å². The van der Waals surface area contributed by atoms with Gasteiger partial charge in [-0.15, -0.1) is 0 Å². The molecule has 0 fully saturated rings. The molecule has 1 aliphatic rings. The Bertz CT molecular complexity index is 1030. The van der Waals surface area contributed by atoms with Crippen LogP contribution in [0.2, 0.25) is 0 Å². The van der Waals surface area contributed by atoms with Gasteiger partial charge in [-0.3, -0.25) is 0 Å². The number of hydrogen-bond donors (Lipinski definition) is 2. The zero-order chi connectivity index (χ0) is 18.4. The number of benzene rings is 3. The van der Waals surface area contributed by atoms with Gasteiger partial charge in [-0.25, -0.2) is 8.78 Å². The Morgan fingerprint density at radius 3 is 2.12 bits per heavy atom. The van der Waals surface area contributed by atoms with E-state index in [2.05, 4.69) is 0 Å². The van der Waals surface area contributed by atoms with Crippen LogP contribution in [0.25, 0.3) is 11.1 Å². The molecule has 0 saturated heterocycles. The number of aryl methyl sites for hydroxylation is 1. The van der Waals surface area contributed by atoms with Crippen LogP contribution < -0.4 is 0 Å². The summed E-state index contributed by atoms with van der Waals surface area (Å²) in [6.07, 6.45) is 0.351. The molecule has 0 bridgehead atoms. The highest BCUT2D eigenvalue weighted by atomic mass is 19.1. The van der Waals surface area contributed by atoms with Crippen LogP contribution in [0, 0.1) is 18.6 Å². The molecule has 0 amide bonds. The van der Waals surface area contributed by atoms with Crippen molar-refractivity contribution in [3.05, 3.63) is 94.0 Å². The maximum Gasteiger partial charge on any atom is 0.137 e. The minimum Gasteiger partial charge on any atom is -0.508 e. The third-order valence-electron chi connectivity index (χ3n) is 4.77. The van der Waals surface area contributed by atoms with Crippen molar-refractivity contribution in [2.45, 2.75) is 13.3 Å². The second kappa shape index (κ2) is 5.99. The van der Waals surface area contributed by atoms with Gasteiger partial charge in [0.2, 0.25) is 0 Å². The van der Waals surface area contributed by atoms with E-state index in [9.17, 15) is 19.0 Å². The van der Waals surface area contributed by atoms with E-state index in [0.29, 0.717) is 17.6 Å². The second-order valence-electron chi connectivity index (χ2n) is 6.47. The van der Waals surface area contributed by atoms with E-state index >= 15 is 0 Å². The van der Waals surface area contributed by atoms with E-state index in [4.69, 9.17) is 0 Å². The molecule has 0 saturated carbocycles. The lowest BCUT2D eigenvalue weighted by molar-refractivity contribution is 0.459. The Balaban J connectivity index is 2.06. The predicted molar refractivity (Wildman–Crippen MR) is 96.9 cm³/mol. The fourth-order valence-corrected chi connectivity index (χ4v) is 3.68. The van der Waals surface area contributed by atoms with Gasteiger partial charge in [0.15, 0.2) is 0 Å². The van der Waals surface area contributed by atoms with Crippen molar-refractivity contribution in [1.82, 2.24) is 0 Å². The fourth-order valence-electron chi connectivity index (χ4n) is 3.68. The topological polar surface area (TPSA) is 40.5 Å². The van der Waals surface area contributed by atoms with Crippen LogP contribution in [0.1, 0.15) is 27.8 Å². The first-order valence-corrected chi connectivity index (χ1v) is 8.25. The standard InChI is InChI=1S/C22H16F2O2/c1-12-7-14(25)8-17-16(12)11-18(21(17)13-5-3-2-4-6-13)22-19(23)9-15(26)10-20(22)24/h2-10,25-26H,11H2,1H3. The number of fused-ring (bicyclic) bond motifs is 1. The molecule has 4 rings (SSSR count). The van der Waals surface area contributed by atoms with Gasteiger partial charge in [0.25, 0.3) is 0 Å². The smallest absolute Gasteiger partial charge is 0.137 e. The maximum atomic E-state index is 14.6. The molecule has 2 nitrogen and oxygen atoms in total. The van der Waals surface area contributed by atoms with E-state index in [1.165, 1.54) is 0 Å². The Morgan fingerprint density at radius 2 is 1.46 bits per heavy atom. The molecule has 0 aliphatic heterocycles. The molecule has 0 heterocycles. The van der Waals surface area contributed by atoms with E-state index in [-0.39, 0.29) is 11.3 Å². The lowest BCUT2D eigenvalue weighted by Gasteiger charge is -2.12. The Labute approximate surface area is 149 Å². The van der Waals surface area contributed by atoms with Gasteiger partial charge < -0.3 is 10.2 Å². The first-order chi connectivity index (χ1) is 12.5. The number of allylic oxidation sites excluding steroid dienone is 1. The minimum atomic E-state index is -0.805. The molecule has 0 radical (unpaired) electrons. The summed E-state index contributed by atoms with van der Waals surface area (Å²) in [4.78, 5) is 0. The zero-order valence-corrected chi connectivity index (χ0v) is 14.1. The van der Waals surface area contributed by atoms with Crippen molar-refractivity contribution < 1.29 is 19.0 Å². The summed E-state index contributed by atoms with van der Waals surface area (Å²) in [6, 6.07) is 14.5. The van der Waals surface area contributed by atoms with Crippen LogP contribution in [-0.4, -0.2) is 10.2 Å². The summed E-state index contributed by atoms with van der Waals surface area (Å²) in [5.74, 6) is -1.95. The normalized spacial score (nSPS) is 13.2. The summed E-state index contributed by atoms with van der Waals surface area (Å²) < 4.78 is 29.1. The quantitative estimate of drug-likeness (QED) is 0.667. The van der Waals surface area contributed by atoms with Crippen molar-refractivity contribution in [1.29, 1.82) is 0 Å². The van der Waals surface area contributed by atoms with Gasteiger partial charge in [-0.05, 0) is 58.9 Å². The molecule has 0 spiro atoms. The highest BCUT2D eigenvalue weighted by Gasteiger charge is 2.29. The number of hydrogen-bond acceptors (Lipinski definition) is 2. The predicted octanol–water partition coefficient (Wildman–Crippen LogP) is 5.20. The average Bonchev–Trinajstić information content (AvgIpc) is 2.94. The lowest BCUT2D eigenvalue weighted by atomic mass is 9.93. The molecular weight excluding hydrogens is 334 g/mol. The van der Waals surface area contributed by atoms with Crippen LogP contribution >= 0.6 is 0 Å². The average molecular weight is 350 g/mol. The zero-order valence-electron chi connectivity index (χ0n) is 14.1. The summed E-state index contributed by atoms with van der Waals surface area (Å²) in [7, 11) is 0. The van der Waals surface area contributed by atoms with Crippen LogP contribution in [-0.2, 0) is 6.42 Å². The van der Waals surface area contributed by atoms with E-state index in [0.717, 1.165) is 34.4 Å². The largest absolute Gasteiger partial charge is 0.508 e. The molecule has 0 unspecified atom stereocenters. The van der Waals surface area contributed by atoms with Gasteiger partial charge >= 0.3 is 0 Å². The third-order valence-corrected chi connectivity index (χ3v) is 4.77. The molecule has 3 aromatic carbocycles. The molecular formula is C22H16F2O2. The van der Waals surface area contributed by atoms with E-state index in [1.807, 2.05) is 37.3 Å². The number of phenols is 2. The van der Waals surface area contributed by atoms with Crippen LogP contribution in [0.15, 0.2) is 54.6 Å². The van der Waals surface area contributed by atoms with Gasteiger partial charge in [0.05, 0.1) is 5.56 Å². The molecule has 130 valence electrons. The van der Waals surface area contributed by atoms with Crippen molar-refractivity contribution in [3.8, 4) is 11.5 Å². The minimum absolute atomic E-state index is 0.114. The van der Waals surface area contributed by atoms with Gasteiger partial charge in [-0.1, -0.05) is 30.3 Å². The monoisotopic (exact) mass is 350 g/mol. The highest BCUT2D eigenvalue weighted by Crippen LogP contribution is 2.46. The van der Waals surface area contributed by atoms with Gasteiger partial charge in [0, 0.05) is 12.1 Å².